The van der Waals surface area contributed by atoms with Crippen molar-refractivity contribution in [1.82, 2.24) is 20.4 Å². The molecule has 0 radical (unpaired) electrons. The molecule has 2 saturated carbocycles. The maximum atomic E-state index is 14.1. The van der Waals surface area contributed by atoms with E-state index in [2.05, 4.69) is 20.4 Å². The Balaban J connectivity index is 1.26. The fourth-order valence-electron chi connectivity index (χ4n) is 8.56. The number of amides is 2. The summed E-state index contributed by atoms with van der Waals surface area (Å²) < 4.78 is 18.0. The lowest BCUT2D eigenvalue weighted by molar-refractivity contribution is -0.175. The number of carbonyl (C=O) groups excluding carboxylic acids is 2. The van der Waals surface area contributed by atoms with Crippen LogP contribution in [0.2, 0.25) is 0 Å². The number of nitrogens with one attached hydrogen (secondary N) is 2. The van der Waals surface area contributed by atoms with E-state index in [-0.39, 0.29) is 48.1 Å². The maximum absolute atomic E-state index is 14.1. The molecule has 3 saturated heterocycles. The van der Waals surface area contributed by atoms with Crippen LogP contribution in [0.5, 0.6) is 0 Å². The van der Waals surface area contributed by atoms with Gasteiger partial charge in [0.1, 0.15) is 6.10 Å². The summed E-state index contributed by atoms with van der Waals surface area (Å²) >= 11 is 0. The van der Waals surface area contributed by atoms with Crippen LogP contribution in [0.15, 0.2) is 0 Å². The van der Waals surface area contributed by atoms with Gasteiger partial charge in [0.05, 0.1) is 30.3 Å². The third kappa shape index (κ3) is 5.07. The van der Waals surface area contributed by atoms with Crippen molar-refractivity contribution in [3.05, 3.63) is 0 Å². The van der Waals surface area contributed by atoms with Gasteiger partial charge in [-0.2, -0.15) is 0 Å². The molecule has 5 rings (SSSR count). The number of hydrogen-bond donors (Lipinski definition) is 2. The Morgan fingerprint density at radius 2 is 1.92 bits per heavy atom. The normalized spacial score (nSPS) is 41.7. The molecule has 10 unspecified atom stereocenters. The molecule has 2 aliphatic carbocycles. The summed E-state index contributed by atoms with van der Waals surface area (Å²) in [7, 11) is 7.54. The van der Waals surface area contributed by atoms with E-state index in [0.717, 1.165) is 58.0 Å². The average Bonchev–Trinajstić information content (AvgIpc) is 3.23. The Hall–Kier alpha value is -1.26. The molecule has 5 aliphatic rings. The van der Waals surface area contributed by atoms with Crippen LogP contribution in [-0.4, -0.2) is 112 Å². The van der Waals surface area contributed by atoms with Crippen molar-refractivity contribution >= 4 is 11.8 Å². The molecule has 0 aromatic heterocycles. The van der Waals surface area contributed by atoms with Crippen LogP contribution in [0, 0.1) is 23.7 Å². The van der Waals surface area contributed by atoms with Crippen LogP contribution >= 0.6 is 0 Å². The number of ether oxygens (including phenoxy) is 3. The zero-order valence-electron chi connectivity index (χ0n) is 23.4. The van der Waals surface area contributed by atoms with Crippen LogP contribution in [0.1, 0.15) is 51.9 Å². The Labute approximate surface area is 222 Å². The molecular formula is C28H48N4O5. The van der Waals surface area contributed by atoms with E-state index in [1.807, 2.05) is 21.0 Å². The van der Waals surface area contributed by atoms with Gasteiger partial charge in [-0.3, -0.25) is 9.59 Å². The van der Waals surface area contributed by atoms with E-state index in [1.54, 1.807) is 14.2 Å². The fourth-order valence-corrected chi connectivity index (χ4v) is 8.56. The summed E-state index contributed by atoms with van der Waals surface area (Å²) in [4.78, 5) is 31.2. The monoisotopic (exact) mass is 520 g/mol. The standard InChI is InChI=1S/C28H48N4O5/c1-16(27(33)30-12-6-14-31(2)3)37-17-7-9-21-20(15-17)18-11-13-29-24-19-8-10-22(35-4)26(36-5)23(19)28(34)32(21)25(18)24/h16-26,29H,6-15H2,1-5H3,(H,30,33)/t16-,17?,18?,19?,20?,21?,22?,23?,24?,25?,26?/m1/s1. The fraction of sp³-hybridized carbons (Fsp3) is 0.929. The third-order valence-corrected chi connectivity index (χ3v) is 10.1. The van der Waals surface area contributed by atoms with Crippen LogP contribution in [-0.2, 0) is 23.8 Å². The Bertz CT molecular complexity index is 826. The van der Waals surface area contributed by atoms with Crippen LogP contribution in [0.25, 0.3) is 0 Å². The average molecular weight is 521 g/mol. The first-order chi connectivity index (χ1) is 17.8. The molecule has 9 nitrogen and oxygen atoms in total. The zero-order valence-corrected chi connectivity index (χ0v) is 23.4. The number of carbonyl (C=O) groups is 2. The van der Waals surface area contributed by atoms with E-state index in [0.29, 0.717) is 30.3 Å². The van der Waals surface area contributed by atoms with E-state index >= 15 is 0 Å². The maximum Gasteiger partial charge on any atom is 0.248 e. The van der Waals surface area contributed by atoms with Gasteiger partial charge in [0.2, 0.25) is 11.8 Å². The number of hydrogen-bond acceptors (Lipinski definition) is 7. The van der Waals surface area contributed by atoms with Gasteiger partial charge in [-0.05, 0) is 96.8 Å². The summed E-state index contributed by atoms with van der Waals surface area (Å²) in [6.07, 6.45) is 6.16. The third-order valence-electron chi connectivity index (χ3n) is 10.1. The molecular weight excluding hydrogens is 472 g/mol. The Morgan fingerprint density at radius 3 is 2.65 bits per heavy atom. The van der Waals surface area contributed by atoms with Gasteiger partial charge in [-0.15, -0.1) is 0 Å². The predicted molar refractivity (Wildman–Crippen MR) is 140 cm³/mol. The van der Waals surface area contributed by atoms with Gasteiger partial charge < -0.3 is 34.6 Å². The van der Waals surface area contributed by atoms with Crippen molar-refractivity contribution in [3.8, 4) is 0 Å². The molecule has 9 heteroatoms. The molecule has 3 heterocycles. The van der Waals surface area contributed by atoms with Crippen molar-refractivity contribution in [1.29, 1.82) is 0 Å². The smallest absolute Gasteiger partial charge is 0.248 e. The summed E-state index contributed by atoms with van der Waals surface area (Å²) in [5, 5.41) is 6.87. The van der Waals surface area contributed by atoms with Gasteiger partial charge in [0.25, 0.3) is 0 Å². The molecule has 210 valence electrons. The Kier molecular flexibility index (Phi) is 8.46. The first kappa shape index (κ1) is 27.3. The summed E-state index contributed by atoms with van der Waals surface area (Å²) in [5.41, 5.74) is 0. The van der Waals surface area contributed by atoms with Crippen LogP contribution in [0.3, 0.4) is 0 Å². The van der Waals surface area contributed by atoms with E-state index in [9.17, 15) is 9.59 Å². The topological polar surface area (TPSA) is 92.4 Å². The number of piperidine rings is 2. The quantitative estimate of drug-likeness (QED) is 0.442. The second-order valence-corrected chi connectivity index (χ2v) is 12.3. The highest BCUT2D eigenvalue weighted by Crippen LogP contribution is 2.54. The number of fused-ring (bicyclic) bond motifs is 5. The highest BCUT2D eigenvalue weighted by Gasteiger charge is 2.64. The van der Waals surface area contributed by atoms with Crippen molar-refractivity contribution in [3.63, 3.8) is 0 Å². The lowest BCUT2D eigenvalue weighted by atomic mass is 9.64. The molecule has 0 aromatic rings. The van der Waals surface area contributed by atoms with Gasteiger partial charge in [-0.1, -0.05) is 0 Å². The molecule has 0 bridgehead atoms. The Morgan fingerprint density at radius 1 is 1.11 bits per heavy atom. The van der Waals surface area contributed by atoms with Gasteiger partial charge in [-0.25, -0.2) is 0 Å². The first-order valence-electron chi connectivity index (χ1n) is 14.5. The molecule has 0 spiro atoms. The molecule has 3 aliphatic heterocycles. The highest BCUT2D eigenvalue weighted by atomic mass is 16.5. The van der Waals surface area contributed by atoms with Crippen LogP contribution in [0.4, 0.5) is 0 Å². The minimum atomic E-state index is -0.455. The van der Waals surface area contributed by atoms with Gasteiger partial charge >= 0.3 is 0 Å². The minimum absolute atomic E-state index is 0.0239. The second kappa shape index (κ2) is 11.5. The first-order valence-corrected chi connectivity index (χ1v) is 14.5. The van der Waals surface area contributed by atoms with Crippen molar-refractivity contribution in [2.24, 2.45) is 23.7 Å². The highest BCUT2D eigenvalue weighted by molar-refractivity contribution is 5.83. The van der Waals surface area contributed by atoms with Crippen LogP contribution < -0.4 is 10.6 Å². The SMILES string of the molecule is COC1CCC2C3NCCC4C5CC(O[C@H](C)C(=O)NCCCN(C)C)CCC5N(C(=O)C2C1OC)C43. The van der Waals surface area contributed by atoms with Gasteiger partial charge in [0, 0.05) is 32.8 Å². The van der Waals surface area contributed by atoms with Crippen molar-refractivity contribution in [2.75, 3.05) is 47.9 Å². The summed E-state index contributed by atoms with van der Waals surface area (Å²) in [6.45, 7) is 4.50. The number of rotatable bonds is 9. The summed E-state index contributed by atoms with van der Waals surface area (Å²) in [6, 6.07) is 0.861. The zero-order chi connectivity index (χ0) is 26.3. The molecule has 11 atom stereocenters. The van der Waals surface area contributed by atoms with E-state index < -0.39 is 6.10 Å². The van der Waals surface area contributed by atoms with Crippen molar-refractivity contribution in [2.45, 2.75) is 94.4 Å². The van der Waals surface area contributed by atoms with E-state index in [4.69, 9.17) is 14.2 Å². The molecule has 2 N–H and O–H groups in total. The summed E-state index contributed by atoms with van der Waals surface area (Å²) in [5.74, 6) is 1.36. The van der Waals surface area contributed by atoms with Gasteiger partial charge in [0.15, 0.2) is 0 Å². The number of methoxy groups -OCH3 is 2. The minimum Gasteiger partial charge on any atom is -0.379 e. The molecule has 5 fully saturated rings. The largest absolute Gasteiger partial charge is 0.379 e. The second-order valence-electron chi connectivity index (χ2n) is 12.3. The molecule has 37 heavy (non-hydrogen) atoms. The molecule has 0 aromatic carbocycles. The van der Waals surface area contributed by atoms with E-state index in [1.165, 1.54) is 0 Å². The predicted octanol–water partition coefficient (Wildman–Crippen LogP) is 1.26. The van der Waals surface area contributed by atoms with Crippen molar-refractivity contribution < 1.29 is 23.8 Å². The molecule has 2 amide bonds. The lowest BCUT2D eigenvalue weighted by Crippen LogP contribution is -2.70. The number of nitrogens with zero attached hydrogens (tertiary/aromatic N) is 2. The lowest BCUT2D eigenvalue weighted by Gasteiger charge is -2.55.